The highest BCUT2D eigenvalue weighted by Crippen LogP contribution is 2.19. The first-order chi connectivity index (χ1) is 7.68. The van der Waals surface area contributed by atoms with Crippen LogP contribution in [0.1, 0.15) is 25.7 Å². The average Bonchev–Trinajstić information content (AvgIpc) is 2.70. The van der Waals surface area contributed by atoms with E-state index in [1.165, 1.54) is 12.0 Å². The summed E-state index contributed by atoms with van der Waals surface area (Å²) in [4.78, 5) is 21.5. The van der Waals surface area contributed by atoms with Crippen LogP contribution in [-0.4, -0.2) is 35.0 Å². The van der Waals surface area contributed by atoms with Crippen molar-refractivity contribution in [2.24, 2.45) is 0 Å². The summed E-state index contributed by atoms with van der Waals surface area (Å²) in [7, 11) is 0. The number of aliphatic carboxylic acids is 1. The van der Waals surface area contributed by atoms with Gasteiger partial charge in [-0.25, -0.2) is 0 Å². The maximum atomic E-state index is 11.3. The number of hydrogen-bond acceptors (Lipinski definition) is 3. The molecular formula is C11H17NO3S. The first-order valence-electron chi connectivity index (χ1n) is 5.42. The molecule has 0 fully saturated rings. The zero-order valence-electron chi connectivity index (χ0n) is 9.20. The van der Waals surface area contributed by atoms with Crippen LogP contribution in [0.2, 0.25) is 0 Å². The van der Waals surface area contributed by atoms with Gasteiger partial charge >= 0.3 is 5.97 Å². The van der Waals surface area contributed by atoms with Crippen molar-refractivity contribution >= 4 is 23.6 Å². The van der Waals surface area contributed by atoms with Crippen LogP contribution >= 0.6 is 11.8 Å². The van der Waals surface area contributed by atoms with Gasteiger partial charge in [-0.2, -0.15) is 0 Å². The van der Waals surface area contributed by atoms with Gasteiger partial charge in [-0.15, -0.1) is 11.8 Å². The Balaban J connectivity index is 1.99. The number of allylic oxidation sites excluding steroid dienone is 1. The Morgan fingerprint density at radius 1 is 1.44 bits per heavy atom. The lowest BCUT2D eigenvalue weighted by Crippen LogP contribution is -2.26. The van der Waals surface area contributed by atoms with Gasteiger partial charge in [0, 0.05) is 6.54 Å². The van der Waals surface area contributed by atoms with Crippen LogP contribution in [0.3, 0.4) is 0 Å². The van der Waals surface area contributed by atoms with E-state index in [1.807, 2.05) is 0 Å². The van der Waals surface area contributed by atoms with Crippen molar-refractivity contribution in [3.8, 4) is 0 Å². The minimum Gasteiger partial charge on any atom is -0.481 e. The molecule has 0 aliphatic heterocycles. The summed E-state index contributed by atoms with van der Waals surface area (Å²) in [5.41, 5.74) is 1.43. The Morgan fingerprint density at radius 3 is 2.88 bits per heavy atom. The van der Waals surface area contributed by atoms with E-state index in [4.69, 9.17) is 5.11 Å². The van der Waals surface area contributed by atoms with Crippen LogP contribution in [0.5, 0.6) is 0 Å². The Hall–Kier alpha value is -0.970. The van der Waals surface area contributed by atoms with Gasteiger partial charge in [0.25, 0.3) is 0 Å². The largest absolute Gasteiger partial charge is 0.481 e. The first kappa shape index (κ1) is 13.1. The molecule has 5 heteroatoms. The standard InChI is InChI=1S/C11H17NO3S/c13-10(7-16-8-11(14)15)12-6-5-9-3-1-2-4-9/h3H,1-2,4-8H2,(H,12,13)(H,14,15). The molecule has 0 heterocycles. The van der Waals surface area contributed by atoms with Crippen molar-refractivity contribution in [3.63, 3.8) is 0 Å². The van der Waals surface area contributed by atoms with Crippen LogP contribution in [0.4, 0.5) is 0 Å². The number of hydrogen-bond donors (Lipinski definition) is 2. The van der Waals surface area contributed by atoms with E-state index in [0.717, 1.165) is 31.0 Å². The molecule has 4 nitrogen and oxygen atoms in total. The highest BCUT2D eigenvalue weighted by molar-refractivity contribution is 8.00. The highest BCUT2D eigenvalue weighted by Gasteiger charge is 2.06. The zero-order valence-corrected chi connectivity index (χ0v) is 10.0. The fourth-order valence-corrected chi connectivity index (χ4v) is 2.17. The van der Waals surface area contributed by atoms with Crippen molar-refractivity contribution in [2.75, 3.05) is 18.1 Å². The predicted octanol–water partition coefficient (Wildman–Crippen LogP) is 1.42. The number of carbonyl (C=O) groups excluding carboxylic acids is 1. The predicted molar refractivity (Wildman–Crippen MR) is 64.5 cm³/mol. The van der Waals surface area contributed by atoms with Crippen LogP contribution in [0.25, 0.3) is 0 Å². The summed E-state index contributed by atoms with van der Waals surface area (Å²) in [5, 5.41) is 11.2. The van der Waals surface area contributed by atoms with Gasteiger partial charge < -0.3 is 10.4 Å². The molecule has 0 unspecified atom stereocenters. The minimum absolute atomic E-state index is 0.0153. The molecule has 1 aliphatic carbocycles. The van der Waals surface area contributed by atoms with Gasteiger partial charge in [-0.05, 0) is 25.7 Å². The Morgan fingerprint density at radius 2 is 2.25 bits per heavy atom. The Labute approximate surface area is 99.5 Å². The van der Waals surface area contributed by atoms with Gasteiger partial charge in [0.05, 0.1) is 11.5 Å². The maximum Gasteiger partial charge on any atom is 0.313 e. The van der Waals surface area contributed by atoms with E-state index in [9.17, 15) is 9.59 Å². The van der Waals surface area contributed by atoms with E-state index in [-0.39, 0.29) is 17.4 Å². The molecule has 0 spiro atoms. The minimum atomic E-state index is -0.881. The SMILES string of the molecule is O=C(O)CSCC(=O)NCCC1=CCCC1. The van der Waals surface area contributed by atoms with Crippen LogP contribution in [0, 0.1) is 0 Å². The maximum absolute atomic E-state index is 11.3. The van der Waals surface area contributed by atoms with Crippen molar-refractivity contribution in [3.05, 3.63) is 11.6 Å². The summed E-state index contributed by atoms with van der Waals surface area (Å²) in [6.45, 7) is 0.665. The zero-order chi connectivity index (χ0) is 11.8. The molecule has 16 heavy (non-hydrogen) atoms. The van der Waals surface area contributed by atoms with Gasteiger partial charge in [-0.1, -0.05) is 11.6 Å². The fourth-order valence-electron chi connectivity index (χ4n) is 1.61. The van der Waals surface area contributed by atoms with Gasteiger partial charge in [0.2, 0.25) is 5.91 Å². The summed E-state index contributed by atoms with van der Waals surface area (Å²) < 4.78 is 0. The summed E-state index contributed by atoms with van der Waals surface area (Å²) in [6.07, 6.45) is 6.72. The van der Waals surface area contributed by atoms with Crippen LogP contribution < -0.4 is 5.32 Å². The van der Waals surface area contributed by atoms with E-state index >= 15 is 0 Å². The smallest absolute Gasteiger partial charge is 0.313 e. The molecule has 0 radical (unpaired) electrons. The molecule has 2 N–H and O–H groups in total. The second-order valence-corrected chi connectivity index (χ2v) is 4.73. The third-order valence-electron chi connectivity index (χ3n) is 2.36. The number of rotatable bonds is 7. The number of nitrogens with one attached hydrogen (secondary N) is 1. The molecule has 1 rings (SSSR count). The van der Waals surface area contributed by atoms with Crippen LogP contribution in [-0.2, 0) is 9.59 Å². The molecule has 0 aromatic heterocycles. The molecule has 0 saturated heterocycles. The highest BCUT2D eigenvalue weighted by atomic mass is 32.2. The van der Waals surface area contributed by atoms with Gasteiger partial charge in [0.15, 0.2) is 0 Å². The monoisotopic (exact) mass is 243 g/mol. The van der Waals surface area contributed by atoms with Crippen LogP contribution in [0.15, 0.2) is 11.6 Å². The number of carboxylic acids is 1. The fraction of sp³-hybridized carbons (Fsp3) is 0.636. The molecule has 0 atom stereocenters. The molecule has 1 amide bonds. The second kappa shape index (κ2) is 7.33. The molecule has 90 valence electrons. The van der Waals surface area contributed by atoms with Crippen molar-refractivity contribution in [1.29, 1.82) is 0 Å². The van der Waals surface area contributed by atoms with Gasteiger partial charge in [-0.3, -0.25) is 9.59 Å². The van der Waals surface area contributed by atoms with Crippen molar-refractivity contribution < 1.29 is 14.7 Å². The third-order valence-corrected chi connectivity index (χ3v) is 3.28. The molecular weight excluding hydrogens is 226 g/mol. The molecule has 0 aromatic rings. The Kier molecular flexibility index (Phi) is 6.00. The lowest BCUT2D eigenvalue weighted by atomic mass is 10.2. The van der Waals surface area contributed by atoms with Gasteiger partial charge in [0.1, 0.15) is 0 Å². The molecule has 0 saturated carbocycles. The average molecular weight is 243 g/mol. The van der Waals surface area contributed by atoms with E-state index < -0.39 is 5.97 Å². The van der Waals surface area contributed by atoms with E-state index in [0.29, 0.717) is 6.54 Å². The first-order valence-corrected chi connectivity index (χ1v) is 6.58. The van der Waals surface area contributed by atoms with E-state index in [1.54, 1.807) is 0 Å². The topological polar surface area (TPSA) is 66.4 Å². The summed E-state index contributed by atoms with van der Waals surface area (Å²) >= 11 is 1.13. The molecule has 0 bridgehead atoms. The lowest BCUT2D eigenvalue weighted by molar-refractivity contribution is -0.133. The number of amides is 1. The summed E-state index contributed by atoms with van der Waals surface area (Å²) in [5.74, 6) is -0.747. The number of thioether (sulfide) groups is 1. The lowest BCUT2D eigenvalue weighted by Gasteiger charge is -2.05. The van der Waals surface area contributed by atoms with Crippen molar-refractivity contribution in [1.82, 2.24) is 5.32 Å². The second-order valence-electron chi connectivity index (χ2n) is 3.74. The van der Waals surface area contributed by atoms with Crippen molar-refractivity contribution in [2.45, 2.75) is 25.7 Å². The molecule has 1 aliphatic rings. The Bertz CT molecular complexity index is 289. The normalized spacial score (nSPS) is 14.6. The van der Waals surface area contributed by atoms with E-state index in [2.05, 4.69) is 11.4 Å². The number of carbonyl (C=O) groups is 2. The number of carboxylic acid groups (broad SMARTS) is 1. The quantitative estimate of drug-likeness (QED) is 0.664. The molecule has 0 aromatic carbocycles. The third kappa shape index (κ3) is 5.80. The summed E-state index contributed by atoms with van der Waals surface area (Å²) in [6, 6.07) is 0.